The molecule has 0 fully saturated rings. The highest BCUT2D eigenvalue weighted by atomic mass is 32.1. The van der Waals surface area contributed by atoms with Crippen LogP contribution in [0.15, 0.2) is 53.9 Å². The molecule has 0 saturated carbocycles. The number of aromatic nitrogens is 1. The number of carbonyl (C=O) groups excluding carboxylic acids is 3. The Kier molecular flexibility index (Phi) is 8.17. The van der Waals surface area contributed by atoms with Crippen LogP contribution < -0.4 is 16.0 Å². The average Bonchev–Trinajstić information content (AvgIpc) is 3.25. The molecule has 3 aromatic rings. The van der Waals surface area contributed by atoms with Crippen LogP contribution in [0.5, 0.6) is 0 Å². The van der Waals surface area contributed by atoms with Crippen molar-refractivity contribution in [2.75, 3.05) is 5.32 Å². The first kappa shape index (κ1) is 25.1. The second-order valence-electron chi connectivity index (χ2n) is 8.58. The lowest BCUT2D eigenvalue weighted by Gasteiger charge is -2.21. The van der Waals surface area contributed by atoms with E-state index in [-0.39, 0.29) is 29.7 Å². The summed E-state index contributed by atoms with van der Waals surface area (Å²) >= 11 is 1.33. The Hall–Kier alpha value is -3.52. The van der Waals surface area contributed by atoms with Gasteiger partial charge in [-0.15, -0.1) is 11.3 Å². The topological polar surface area (TPSA) is 100 Å². The van der Waals surface area contributed by atoms with Gasteiger partial charge in [0.1, 0.15) is 6.04 Å². The first-order valence-corrected chi connectivity index (χ1v) is 12.0. The summed E-state index contributed by atoms with van der Waals surface area (Å²) in [7, 11) is 0. The summed E-state index contributed by atoms with van der Waals surface area (Å²) in [5.41, 5.74) is 4.04. The SMILES string of the molecule is CC(=O)N[C@H](C)c1ccc(-c2csc(NC(=O)[C@@H](NC(=O)c3ccccc3C)C(C)C)n2)cc1. The van der Waals surface area contributed by atoms with Crippen molar-refractivity contribution in [2.45, 2.75) is 46.7 Å². The molecule has 3 N–H and O–H groups in total. The van der Waals surface area contributed by atoms with Crippen LogP contribution in [-0.2, 0) is 9.59 Å². The van der Waals surface area contributed by atoms with Crippen molar-refractivity contribution in [1.82, 2.24) is 15.6 Å². The highest BCUT2D eigenvalue weighted by molar-refractivity contribution is 7.14. The van der Waals surface area contributed by atoms with Gasteiger partial charge in [0.2, 0.25) is 11.8 Å². The van der Waals surface area contributed by atoms with Gasteiger partial charge in [-0.1, -0.05) is 56.3 Å². The van der Waals surface area contributed by atoms with E-state index in [1.807, 2.05) is 69.5 Å². The molecule has 2 aromatic carbocycles. The Morgan fingerprint density at radius 3 is 2.24 bits per heavy atom. The summed E-state index contributed by atoms with van der Waals surface area (Å²) in [6, 6.07) is 14.3. The Morgan fingerprint density at radius 2 is 1.62 bits per heavy atom. The number of anilines is 1. The molecule has 1 aromatic heterocycles. The third-order valence-electron chi connectivity index (χ3n) is 5.49. The van der Waals surface area contributed by atoms with Gasteiger partial charge in [-0.05, 0) is 37.0 Å². The average molecular weight is 479 g/mol. The normalized spacial score (nSPS) is 12.6. The van der Waals surface area contributed by atoms with Gasteiger partial charge in [-0.2, -0.15) is 0 Å². The van der Waals surface area contributed by atoms with E-state index in [2.05, 4.69) is 20.9 Å². The molecule has 0 unspecified atom stereocenters. The third-order valence-corrected chi connectivity index (χ3v) is 6.24. The molecular weight excluding hydrogens is 448 g/mol. The molecule has 178 valence electrons. The molecule has 0 radical (unpaired) electrons. The monoisotopic (exact) mass is 478 g/mol. The van der Waals surface area contributed by atoms with E-state index in [9.17, 15) is 14.4 Å². The van der Waals surface area contributed by atoms with E-state index in [0.29, 0.717) is 10.7 Å². The third kappa shape index (κ3) is 6.29. The highest BCUT2D eigenvalue weighted by Crippen LogP contribution is 2.26. The first-order chi connectivity index (χ1) is 16.2. The number of benzene rings is 2. The summed E-state index contributed by atoms with van der Waals surface area (Å²) < 4.78 is 0. The number of nitrogens with zero attached hydrogens (tertiary/aromatic N) is 1. The van der Waals surface area contributed by atoms with Crippen molar-refractivity contribution in [1.29, 1.82) is 0 Å². The van der Waals surface area contributed by atoms with Crippen LogP contribution in [0.25, 0.3) is 11.3 Å². The summed E-state index contributed by atoms with van der Waals surface area (Å²) in [5, 5.41) is 10.9. The standard InChI is InChI=1S/C26H30N4O3S/c1-15(2)23(29-24(32)21-9-7-6-8-16(21)3)25(33)30-26-28-22(14-34-26)20-12-10-19(11-13-20)17(4)27-18(5)31/h6-15,17,23H,1-5H3,(H,27,31)(H,29,32)(H,28,30,33)/t17-,23+/m1/s1. The minimum atomic E-state index is -0.700. The number of hydrogen-bond acceptors (Lipinski definition) is 5. The molecule has 3 amide bonds. The van der Waals surface area contributed by atoms with E-state index in [1.165, 1.54) is 18.3 Å². The molecular formula is C26H30N4O3S. The van der Waals surface area contributed by atoms with Crippen LogP contribution in [0, 0.1) is 12.8 Å². The van der Waals surface area contributed by atoms with Gasteiger partial charge in [-0.25, -0.2) is 4.98 Å². The number of carbonyl (C=O) groups is 3. The molecule has 34 heavy (non-hydrogen) atoms. The zero-order chi connectivity index (χ0) is 24.8. The van der Waals surface area contributed by atoms with E-state index >= 15 is 0 Å². The van der Waals surface area contributed by atoms with E-state index in [1.54, 1.807) is 12.1 Å². The summed E-state index contributed by atoms with van der Waals surface area (Å²) in [5.74, 6) is -0.769. The van der Waals surface area contributed by atoms with Gasteiger partial charge in [0.05, 0.1) is 11.7 Å². The lowest BCUT2D eigenvalue weighted by molar-refractivity contribution is -0.120. The molecule has 0 aliphatic rings. The van der Waals surface area contributed by atoms with Crippen LogP contribution in [0.1, 0.15) is 55.2 Å². The van der Waals surface area contributed by atoms with Gasteiger partial charge in [-0.3, -0.25) is 14.4 Å². The largest absolute Gasteiger partial charge is 0.350 e. The summed E-state index contributed by atoms with van der Waals surface area (Å²) in [6.45, 7) is 9.06. The zero-order valence-corrected chi connectivity index (χ0v) is 20.8. The second-order valence-corrected chi connectivity index (χ2v) is 9.44. The van der Waals surface area contributed by atoms with Crippen LogP contribution in [0.4, 0.5) is 5.13 Å². The number of rotatable bonds is 8. The van der Waals surface area contributed by atoms with Gasteiger partial charge in [0.25, 0.3) is 5.91 Å². The summed E-state index contributed by atoms with van der Waals surface area (Å²) in [4.78, 5) is 41.5. The molecule has 0 bridgehead atoms. The molecule has 7 nitrogen and oxygen atoms in total. The fraction of sp³-hybridized carbons (Fsp3) is 0.308. The highest BCUT2D eigenvalue weighted by Gasteiger charge is 2.26. The molecule has 0 saturated heterocycles. The Balaban J connectivity index is 1.68. The van der Waals surface area contributed by atoms with Crippen LogP contribution in [-0.4, -0.2) is 28.7 Å². The Morgan fingerprint density at radius 1 is 0.941 bits per heavy atom. The van der Waals surface area contributed by atoms with Crippen LogP contribution >= 0.6 is 11.3 Å². The van der Waals surface area contributed by atoms with E-state index in [0.717, 1.165) is 22.4 Å². The molecule has 3 rings (SSSR count). The maximum Gasteiger partial charge on any atom is 0.252 e. The van der Waals surface area contributed by atoms with Crippen molar-refractivity contribution >= 4 is 34.2 Å². The van der Waals surface area contributed by atoms with Gasteiger partial charge in [0.15, 0.2) is 5.13 Å². The van der Waals surface area contributed by atoms with Gasteiger partial charge < -0.3 is 16.0 Å². The van der Waals surface area contributed by atoms with Crippen molar-refractivity contribution in [2.24, 2.45) is 5.92 Å². The van der Waals surface area contributed by atoms with Gasteiger partial charge >= 0.3 is 0 Å². The maximum atomic E-state index is 13.0. The van der Waals surface area contributed by atoms with Crippen molar-refractivity contribution < 1.29 is 14.4 Å². The second kappa shape index (κ2) is 11.1. The smallest absolute Gasteiger partial charge is 0.252 e. The lowest BCUT2D eigenvalue weighted by Crippen LogP contribution is -2.47. The lowest BCUT2D eigenvalue weighted by atomic mass is 10.0. The van der Waals surface area contributed by atoms with E-state index < -0.39 is 6.04 Å². The van der Waals surface area contributed by atoms with Gasteiger partial charge in [0, 0.05) is 23.4 Å². The number of aryl methyl sites for hydroxylation is 1. The number of amides is 3. The quantitative estimate of drug-likeness (QED) is 0.437. The first-order valence-electron chi connectivity index (χ1n) is 11.2. The maximum absolute atomic E-state index is 13.0. The molecule has 1 heterocycles. The van der Waals surface area contributed by atoms with Crippen LogP contribution in [0.3, 0.4) is 0 Å². The fourth-order valence-corrected chi connectivity index (χ4v) is 4.28. The van der Waals surface area contributed by atoms with Crippen molar-refractivity contribution in [3.05, 3.63) is 70.6 Å². The molecule has 8 heteroatoms. The summed E-state index contributed by atoms with van der Waals surface area (Å²) in [6.07, 6.45) is 0. The predicted molar refractivity (Wildman–Crippen MR) is 136 cm³/mol. The molecule has 0 aliphatic carbocycles. The zero-order valence-electron chi connectivity index (χ0n) is 20.0. The predicted octanol–water partition coefficient (Wildman–Crippen LogP) is 4.71. The minimum absolute atomic E-state index is 0.0775. The van der Waals surface area contributed by atoms with Crippen molar-refractivity contribution in [3.8, 4) is 11.3 Å². The number of nitrogens with one attached hydrogen (secondary N) is 3. The molecule has 2 atom stereocenters. The number of thiazole rings is 1. The number of hydrogen-bond donors (Lipinski definition) is 3. The Bertz CT molecular complexity index is 1170. The van der Waals surface area contributed by atoms with E-state index in [4.69, 9.17) is 0 Å². The minimum Gasteiger partial charge on any atom is -0.350 e. The molecule has 0 aliphatic heterocycles. The van der Waals surface area contributed by atoms with Crippen molar-refractivity contribution in [3.63, 3.8) is 0 Å². The molecule has 0 spiro atoms. The van der Waals surface area contributed by atoms with Crippen LogP contribution in [0.2, 0.25) is 0 Å². The fourth-order valence-electron chi connectivity index (χ4n) is 3.56. The Labute approximate surface area is 204 Å².